The molecule has 0 bridgehead atoms. The number of carbonyl (C=O) groups is 2. The van der Waals surface area contributed by atoms with E-state index in [0.29, 0.717) is 12.1 Å². The summed E-state index contributed by atoms with van der Waals surface area (Å²) in [6, 6.07) is 3.43. The highest BCUT2D eigenvalue weighted by atomic mass is 16.2. The van der Waals surface area contributed by atoms with Gasteiger partial charge >= 0.3 is 0 Å². The van der Waals surface area contributed by atoms with Crippen LogP contribution >= 0.6 is 0 Å². The molecule has 1 aliphatic rings. The van der Waals surface area contributed by atoms with Crippen molar-refractivity contribution >= 4 is 17.6 Å². The maximum absolute atomic E-state index is 11.4. The molecule has 3 N–H and O–H groups in total. The quantitative estimate of drug-likeness (QED) is 0.802. The Morgan fingerprint density at radius 3 is 2.85 bits per heavy atom. The molecule has 1 saturated heterocycles. The van der Waals surface area contributed by atoms with Crippen molar-refractivity contribution in [3.8, 4) is 0 Å². The summed E-state index contributed by atoms with van der Waals surface area (Å²) in [4.78, 5) is 24.5. The monoisotopic (exact) mass is 277 g/mol. The van der Waals surface area contributed by atoms with E-state index in [1.807, 2.05) is 0 Å². The van der Waals surface area contributed by atoms with Gasteiger partial charge in [-0.1, -0.05) is 0 Å². The first kappa shape index (κ1) is 14.2. The lowest BCUT2D eigenvalue weighted by molar-refractivity contribution is -0.118. The van der Waals surface area contributed by atoms with E-state index in [4.69, 9.17) is 5.73 Å². The van der Waals surface area contributed by atoms with Crippen LogP contribution in [0.2, 0.25) is 0 Å². The molecule has 7 nitrogen and oxygen atoms in total. The summed E-state index contributed by atoms with van der Waals surface area (Å²) in [5.41, 5.74) is 5.54. The molecule has 0 spiro atoms. The predicted octanol–water partition coefficient (Wildman–Crippen LogP) is -0.0720. The first-order valence-electron chi connectivity index (χ1n) is 6.69. The van der Waals surface area contributed by atoms with Crippen molar-refractivity contribution in [3.63, 3.8) is 0 Å². The third-order valence-electron chi connectivity index (χ3n) is 3.44. The van der Waals surface area contributed by atoms with Crippen molar-refractivity contribution in [1.82, 2.24) is 15.5 Å². The molecule has 1 atom stereocenters. The van der Waals surface area contributed by atoms with Gasteiger partial charge in [0.15, 0.2) is 11.5 Å². The Hall–Kier alpha value is -2.18. The van der Waals surface area contributed by atoms with E-state index in [0.717, 1.165) is 31.7 Å². The number of aromatic nitrogens is 2. The predicted molar refractivity (Wildman–Crippen MR) is 74.2 cm³/mol. The topological polar surface area (TPSA) is 101 Å². The molecule has 1 unspecified atom stereocenters. The van der Waals surface area contributed by atoms with Crippen LogP contribution in [0.4, 0.5) is 5.82 Å². The maximum Gasteiger partial charge on any atom is 0.271 e. The molecule has 0 aliphatic carbocycles. The Kier molecular flexibility index (Phi) is 4.49. The molecule has 0 aromatic carbocycles. The molecule has 108 valence electrons. The molecule has 1 fully saturated rings. The van der Waals surface area contributed by atoms with Crippen LogP contribution in [-0.2, 0) is 4.79 Å². The Labute approximate surface area is 117 Å². The van der Waals surface area contributed by atoms with E-state index in [2.05, 4.69) is 20.4 Å². The average molecular weight is 277 g/mol. The highest BCUT2D eigenvalue weighted by Crippen LogP contribution is 2.23. The molecule has 2 heterocycles. The van der Waals surface area contributed by atoms with Crippen molar-refractivity contribution in [1.29, 1.82) is 0 Å². The van der Waals surface area contributed by atoms with Gasteiger partial charge in [0.25, 0.3) is 5.91 Å². The molecule has 20 heavy (non-hydrogen) atoms. The third-order valence-corrected chi connectivity index (χ3v) is 3.44. The van der Waals surface area contributed by atoms with Crippen LogP contribution in [-0.4, -0.2) is 42.1 Å². The van der Waals surface area contributed by atoms with E-state index >= 15 is 0 Å². The summed E-state index contributed by atoms with van der Waals surface area (Å²) in [6.45, 7) is 1.63. The molecule has 7 heteroatoms. The first-order valence-corrected chi connectivity index (χ1v) is 6.69. The van der Waals surface area contributed by atoms with Gasteiger partial charge in [-0.3, -0.25) is 9.59 Å². The molecule has 2 amide bonds. The lowest BCUT2D eigenvalue weighted by Crippen LogP contribution is -2.37. The zero-order valence-corrected chi connectivity index (χ0v) is 11.5. The summed E-state index contributed by atoms with van der Waals surface area (Å²) in [6.07, 6.45) is 2.40. The van der Waals surface area contributed by atoms with Gasteiger partial charge in [0, 0.05) is 26.6 Å². The second kappa shape index (κ2) is 6.31. The van der Waals surface area contributed by atoms with Crippen molar-refractivity contribution in [2.45, 2.75) is 19.3 Å². The number of piperidine rings is 1. The molecule has 1 aromatic rings. The summed E-state index contributed by atoms with van der Waals surface area (Å²) in [7, 11) is 1.55. The summed E-state index contributed by atoms with van der Waals surface area (Å²) < 4.78 is 0. The van der Waals surface area contributed by atoms with Gasteiger partial charge in [-0.25, -0.2) is 0 Å². The zero-order valence-electron chi connectivity index (χ0n) is 11.5. The molecule has 0 saturated carbocycles. The van der Waals surface area contributed by atoms with Gasteiger partial charge in [-0.15, -0.1) is 10.2 Å². The fraction of sp³-hybridized carbons (Fsp3) is 0.538. The number of rotatable bonds is 4. The molecule has 1 aromatic heterocycles. The van der Waals surface area contributed by atoms with Crippen molar-refractivity contribution in [3.05, 3.63) is 17.8 Å². The van der Waals surface area contributed by atoms with E-state index < -0.39 is 0 Å². The second-order valence-corrected chi connectivity index (χ2v) is 4.98. The first-order chi connectivity index (χ1) is 9.60. The minimum atomic E-state index is -0.266. The van der Waals surface area contributed by atoms with E-state index in [1.54, 1.807) is 19.2 Å². The normalized spacial score (nSPS) is 18.6. The second-order valence-electron chi connectivity index (χ2n) is 4.98. The van der Waals surface area contributed by atoms with Crippen LogP contribution in [0.25, 0.3) is 0 Å². The third kappa shape index (κ3) is 3.43. The highest BCUT2D eigenvalue weighted by molar-refractivity contribution is 5.91. The Balaban J connectivity index is 2.03. The number of primary amides is 1. The van der Waals surface area contributed by atoms with Gasteiger partial charge in [-0.2, -0.15) is 0 Å². The minimum absolute atomic E-state index is 0.255. The molecule has 0 radical (unpaired) electrons. The van der Waals surface area contributed by atoms with E-state index in [1.165, 1.54) is 0 Å². The van der Waals surface area contributed by atoms with Crippen molar-refractivity contribution in [2.24, 2.45) is 11.7 Å². The SMILES string of the molecule is CNC(=O)c1ccc(N2CCCC(CC(N)=O)C2)nn1. The standard InChI is InChI=1S/C13H19N5O2/c1-15-13(20)10-4-5-12(17-16-10)18-6-2-3-9(8-18)7-11(14)19/h4-5,9H,2-3,6-8H2,1H3,(H2,14,19)(H,15,20). The maximum atomic E-state index is 11.4. The fourth-order valence-electron chi connectivity index (χ4n) is 2.47. The van der Waals surface area contributed by atoms with Crippen LogP contribution in [0, 0.1) is 5.92 Å². The molecular formula is C13H19N5O2. The summed E-state index contributed by atoms with van der Waals surface area (Å²) in [5.74, 6) is 0.473. The number of anilines is 1. The summed E-state index contributed by atoms with van der Waals surface area (Å²) >= 11 is 0. The van der Waals surface area contributed by atoms with Crippen LogP contribution in [0.15, 0.2) is 12.1 Å². The summed E-state index contributed by atoms with van der Waals surface area (Å²) in [5, 5.41) is 10.5. The lowest BCUT2D eigenvalue weighted by atomic mass is 9.94. The van der Waals surface area contributed by atoms with Crippen LogP contribution < -0.4 is 16.0 Å². The number of nitrogens with two attached hydrogens (primary N) is 1. The lowest BCUT2D eigenvalue weighted by Gasteiger charge is -2.32. The number of nitrogens with one attached hydrogen (secondary N) is 1. The molecular weight excluding hydrogens is 258 g/mol. The van der Waals surface area contributed by atoms with E-state index in [9.17, 15) is 9.59 Å². The van der Waals surface area contributed by atoms with Crippen molar-refractivity contribution < 1.29 is 9.59 Å². The van der Waals surface area contributed by atoms with Crippen LogP contribution in [0.1, 0.15) is 29.8 Å². The van der Waals surface area contributed by atoms with Gasteiger partial charge in [0.05, 0.1) is 0 Å². The Bertz CT molecular complexity index is 488. The van der Waals surface area contributed by atoms with Gasteiger partial charge < -0.3 is 16.0 Å². The van der Waals surface area contributed by atoms with E-state index in [-0.39, 0.29) is 17.7 Å². The largest absolute Gasteiger partial charge is 0.370 e. The number of amides is 2. The zero-order chi connectivity index (χ0) is 14.5. The van der Waals surface area contributed by atoms with Gasteiger partial charge in [0.2, 0.25) is 5.91 Å². The fourth-order valence-corrected chi connectivity index (χ4v) is 2.47. The average Bonchev–Trinajstić information content (AvgIpc) is 2.46. The molecule has 1 aliphatic heterocycles. The van der Waals surface area contributed by atoms with Gasteiger partial charge in [-0.05, 0) is 30.9 Å². The smallest absolute Gasteiger partial charge is 0.271 e. The van der Waals surface area contributed by atoms with Crippen LogP contribution in [0.3, 0.4) is 0 Å². The number of carbonyl (C=O) groups excluding carboxylic acids is 2. The van der Waals surface area contributed by atoms with Crippen LogP contribution in [0.5, 0.6) is 0 Å². The Morgan fingerprint density at radius 1 is 1.45 bits per heavy atom. The molecule has 2 rings (SSSR count). The highest BCUT2D eigenvalue weighted by Gasteiger charge is 2.22. The number of hydrogen-bond acceptors (Lipinski definition) is 5. The van der Waals surface area contributed by atoms with Crippen molar-refractivity contribution in [2.75, 3.05) is 25.0 Å². The van der Waals surface area contributed by atoms with Gasteiger partial charge in [0.1, 0.15) is 0 Å². The number of nitrogens with zero attached hydrogens (tertiary/aromatic N) is 3. The number of hydrogen-bond donors (Lipinski definition) is 2. The Morgan fingerprint density at radius 2 is 2.25 bits per heavy atom. The minimum Gasteiger partial charge on any atom is -0.370 e.